The zero-order valence-corrected chi connectivity index (χ0v) is 17.6. The lowest BCUT2D eigenvalue weighted by Crippen LogP contribution is -2.44. The summed E-state index contributed by atoms with van der Waals surface area (Å²) in [6.45, 7) is 5.90. The Morgan fingerprint density at radius 3 is 2.41 bits per heavy atom. The Morgan fingerprint density at radius 2 is 1.79 bits per heavy atom. The fraction of sp³-hybridized carbons (Fsp3) is 0.478. The second-order valence-corrected chi connectivity index (χ2v) is 8.24. The van der Waals surface area contributed by atoms with E-state index < -0.39 is 0 Å². The van der Waals surface area contributed by atoms with Crippen LogP contribution in [0.4, 0.5) is 5.82 Å². The van der Waals surface area contributed by atoms with Gasteiger partial charge in [0.1, 0.15) is 5.82 Å². The van der Waals surface area contributed by atoms with Crippen molar-refractivity contribution in [2.45, 2.75) is 24.8 Å². The van der Waals surface area contributed by atoms with Crippen molar-refractivity contribution in [2.75, 3.05) is 51.7 Å². The van der Waals surface area contributed by atoms with Gasteiger partial charge in [-0.15, -0.1) is 0 Å². The monoisotopic (exact) mass is 392 g/mol. The molecule has 1 aromatic heterocycles. The van der Waals surface area contributed by atoms with Crippen molar-refractivity contribution in [3.63, 3.8) is 0 Å². The predicted molar refractivity (Wildman–Crippen MR) is 120 cm³/mol. The van der Waals surface area contributed by atoms with Crippen LogP contribution in [-0.4, -0.2) is 62.7 Å². The molecule has 1 saturated heterocycles. The van der Waals surface area contributed by atoms with E-state index in [1.807, 2.05) is 13.2 Å². The zero-order valence-electron chi connectivity index (χ0n) is 17.6. The van der Waals surface area contributed by atoms with Gasteiger partial charge in [0.25, 0.3) is 0 Å². The molecule has 154 valence electrons. The summed E-state index contributed by atoms with van der Waals surface area (Å²) < 4.78 is 0. The zero-order chi connectivity index (χ0) is 20.1. The Morgan fingerprint density at radius 1 is 1.03 bits per heavy atom. The van der Waals surface area contributed by atoms with E-state index in [-0.39, 0.29) is 5.41 Å². The number of pyridine rings is 1. The number of piperazine rings is 1. The molecule has 2 aromatic rings. The van der Waals surface area contributed by atoms with E-state index in [4.69, 9.17) is 0 Å². The Bertz CT molecular complexity index is 805. The summed E-state index contributed by atoms with van der Waals surface area (Å²) in [5.74, 6) is 1.92. The van der Waals surface area contributed by atoms with Crippen LogP contribution in [-0.2, 0) is 12.0 Å². The quantitative estimate of drug-likeness (QED) is 0.583. The minimum atomic E-state index is 0.268. The summed E-state index contributed by atoms with van der Waals surface area (Å²) >= 11 is 0. The first kappa shape index (κ1) is 19.7. The topological polar surface area (TPSA) is 55.8 Å². The van der Waals surface area contributed by atoms with Crippen LogP contribution in [0.1, 0.15) is 24.0 Å². The summed E-state index contributed by atoms with van der Waals surface area (Å²) in [4.78, 5) is 13.8. The Balaban J connectivity index is 1.27. The molecule has 29 heavy (non-hydrogen) atoms. The molecule has 6 nitrogen and oxygen atoms in total. The lowest BCUT2D eigenvalue weighted by molar-refractivity contribution is 0.312. The Hall–Kier alpha value is -2.60. The van der Waals surface area contributed by atoms with Gasteiger partial charge in [0.05, 0.1) is 0 Å². The molecule has 2 aliphatic rings. The highest BCUT2D eigenvalue weighted by Gasteiger charge is 2.43. The maximum absolute atomic E-state index is 4.67. The van der Waals surface area contributed by atoms with Gasteiger partial charge in [0, 0.05) is 57.9 Å². The molecule has 1 aromatic carbocycles. The van der Waals surface area contributed by atoms with Crippen LogP contribution in [0.25, 0.3) is 0 Å². The van der Waals surface area contributed by atoms with Crippen molar-refractivity contribution in [1.82, 2.24) is 20.5 Å². The van der Waals surface area contributed by atoms with Gasteiger partial charge in [0.15, 0.2) is 5.96 Å². The number of hydrogen-bond donors (Lipinski definition) is 2. The van der Waals surface area contributed by atoms with Gasteiger partial charge in [-0.2, -0.15) is 0 Å². The van der Waals surface area contributed by atoms with Gasteiger partial charge < -0.3 is 20.4 Å². The highest BCUT2D eigenvalue weighted by atomic mass is 15.3. The molecule has 4 rings (SSSR count). The fourth-order valence-corrected chi connectivity index (χ4v) is 3.91. The molecule has 6 heteroatoms. The maximum Gasteiger partial charge on any atom is 0.191 e. The molecule has 2 N–H and O–H groups in total. The molecule has 0 amide bonds. The number of likely N-dealkylation sites (N-methyl/N-ethyl adjacent to an activating group) is 1. The molecular weight excluding hydrogens is 360 g/mol. The largest absolute Gasteiger partial charge is 0.356 e. The van der Waals surface area contributed by atoms with Gasteiger partial charge in [-0.05, 0) is 37.1 Å². The number of aliphatic imine (C=N–C) groups is 1. The molecule has 0 spiro atoms. The minimum Gasteiger partial charge on any atom is -0.356 e. The van der Waals surface area contributed by atoms with Gasteiger partial charge in [-0.1, -0.05) is 36.4 Å². The maximum atomic E-state index is 4.67. The molecule has 0 atom stereocenters. The fourth-order valence-electron chi connectivity index (χ4n) is 3.91. The Kier molecular flexibility index (Phi) is 6.00. The second kappa shape index (κ2) is 8.82. The van der Waals surface area contributed by atoms with Crippen LogP contribution in [0.2, 0.25) is 0 Å². The average Bonchev–Trinajstić information content (AvgIpc) is 3.57. The smallest absolute Gasteiger partial charge is 0.191 e. The van der Waals surface area contributed by atoms with E-state index in [0.29, 0.717) is 6.54 Å². The van der Waals surface area contributed by atoms with Crippen molar-refractivity contribution in [2.24, 2.45) is 4.99 Å². The van der Waals surface area contributed by atoms with E-state index in [1.165, 1.54) is 18.4 Å². The third-order valence-electron chi connectivity index (χ3n) is 6.15. The van der Waals surface area contributed by atoms with Crippen LogP contribution in [0.3, 0.4) is 0 Å². The molecule has 0 radical (unpaired) electrons. The summed E-state index contributed by atoms with van der Waals surface area (Å²) in [6, 6.07) is 15.1. The molecule has 1 saturated carbocycles. The Labute approximate surface area is 174 Å². The third kappa shape index (κ3) is 4.88. The number of guanidine groups is 1. The third-order valence-corrected chi connectivity index (χ3v) is 6.15. The van der Waals surface area contributed by atoms with E-state index in [9.17, 15) is 0 Å². The molecular formula is C23H32N6. The van der Waals surface area contributed by atoms with Gasteiger partial charge >= 0.3 is 0 Å². The highest BCUT2D eigenvalue weighted by Crippen LogP contribution is 2.47. The molecule has 0 bridgehead atoms. The van der Waals surface area contributed by atoms with Crippen molar-refractivity contribution >= 4 is 11.8 Å². The first-order chi connectivity index (χ1) is 14.2. The summed E-state index contributed by atoms with van der Waals surface area (Å²) in [5.41, 5.74) is 2.85. The molecule has 0 unspecified atom stereocenters. The number of nitrogens with one attached hydrogen (secondary N) is 2. The molecule has 1 aliphatic heterocycles. The summed E-state index contributed by atoms with van der Waals surface area (Å²) in [6.07, 6.45) is 4.44. The van der Waals surface area contributed by atoms with Gasteiger partial charge in [0.2, 0.25) is 0 Å². The number of hydrogen-bond acceptors (Lipinski definition) is 4. The summed E-state index contributed by atoms with van der Waals surface area (Å²) in [7, 11) is 4.00. The number of nitrogens with zero attached hydrogens (tertiary/aromatic N) is 4. The van der Waals surface area contributed by atoms with Crippen molar-refractivity contribution in [3.05, 3.63) is 59.8 Å². The van der Waals surface area contributed by atoms with Crippen LogP contribution >= 0.6 is 0 Å². The number of benzene rings is 1. The molecule has 2 fully saturated rings. The van der Waals surface area contributed by atoms with Crippen molar-refractivity contribution < 1.29 is 0 Å². The lowest BCUT2D eigenvalue weighted by atomic mass is 9.96. The number of anilines is 1. The van der Waals surface area contributed by atoms with E-state index in [1.54, 1.807) is 0 Å². The SMILES string of the molecule is CN=C(NCc1ccc(N2CCN(C)CC2)nc1)NCC1(c2ccccc2)CC1. The van der Waals surface area contributed by atoms with Crippen LogP contribution < -0.4 is 15.5 Å². The summed E-state index contributed by atoms with van der Waals surface area (Å²) in [5, 5.41) is 6.93. The van der Waals surface area contributed by atoms with E-state index in [2.05, 4.69) is 79.9 Å². The first-order valence-electron chi connectivity index (χ1n) is 10.6. The van der Waals surface area contributed by atoms with Crippen molar-refractivity contribution in [1.29, 1.82) is 0 Å². The average molecular weight is 393 g/mol. The van der Waals surface area contributed by atoms with E-state index in [0.717, 1.165) is 50.1 Å². The number of rotatable bonds is 6. The van der Waals surface area contributed by atoms with Crippen LogP contribution in [0, 0.1) is 0 Å². The molecule has 1 aliphatic carbocycles. The molecule has 2 heterocycles. The van der Waals surface area contributed by atoms with Gasteiger partial charge in [-0.25, -0.2) is 4.98 Å². The predicted octanol–water partition coefficient (Wildman–Crippen LogP) is 2.23. The minimum absolute atomic E-state index is 0.268. The normalized spacial score (nSPS) is 19.1. The van der Waals surface area contributed by atoms with Gasteiger partial charge in [-0.3, -0.25) is 4.99 Å². The van der Waals surface area contributed by atoms with Crippen LogP contribution in [0.15, 0.2) is 53.7 Å². The van der Waals surface area contributed by atoms with E-state index >= 15 is 0 Å². The standard InChI is InChI=1S/C23H32N6/c1-24-22(27-18-23(10-11-23)20-6-4-3-5-7-20)26-17-19-8-9-21(25-16-19)29-14-12-28(2)13-15-29/h3-9,16H,10-15,17-18H2,1-2H3,(H2,24,26,27). The highest BCUT2D eigenvalue weighted by molar-refractivity contribution is 5.79. The lowest BCUT2D eigenvalue weighted by Gasteiger charge is -2.33. The van der Waals surface area contributed by atoms with Crippen molar-refractivity contribution in [3.8, 4) is 0 Å². The van der Waals surface area contributed by atoms with Crippen LogP contribution in [0.5, 0.6) is 0 Å². The first-order valence-corrected chi connectivity index (χ1v) is 10.6. The number of aromatic nitrogens is 1. The second-order valence-electron chi connectivity index (χ2n) is 8.24.